The van der Waals surface area contributed by atoms with E-state index in [2.05, 4.69) is 15.5 Å². The van der Waals surface area contributed by atoms with Gasteiger partial charge < -0.3 is 0 Å². The first-order valence-electron chi connectivity index (χ1n) is 8.14. The van der Waals surface area contributed by atoms with Gasteiger partial charge in [-0.3, -0.25) is 15.5 Å². The number of nitro benzene ring substituents is 1. The van der Waals surface area contributed by atoms with Gasteiger partial charge in [-0.05, 0) is 17.5 Å². The topological polar surface area (TPSA) is 80.4 Å². The van der Waals surface area contributed by atoms with Crippen molar-refractivity contribution in [2.75, 3.05) is 5.43 Å². The number of para-hydroxylation sites is 1. The fourth-order valence-electron chi connectivity index (χ4n) is 2.91. The number of aromatic nitrogens is 1. The Morgan fingerprint density at radius 3 is 2.48 bits per heavy atom. The van der Waals surface area contributed by atoms with Crippen molar-refractivity contribution in [2.24, 2.45) is 5.10 Å². The summed E-state index contributed by atoms with van der Waals surface area (Å²) in [5.41, 5.74) is 4.21. The zero-order valence-electron chi connectivity index (χ0n) is 14.0. The summed E-state index contributed by atoms with van der Waals surface area (Å²) < 4.78 is 0. The molecule has 0 saturated carbocycles. The minimum Gasteiger partial charge on any atom is -0.261 e. The molecule has 132 valence electrons. The number of benzene rings is 3. The van der Waals surface area contributed by atoms with Gasteiger partial charge in [0.1, 0.15) is 5.02 Å². The first-order valence-corrected chi connectivity index (χ1v) is 8.52. The van der Waals surface area contributed by atoms with E-state index in [0.29, 0.717) is 11.4 Å². The summed E-state index contributed by atoms with van der Waals surface area (Å²) >= 11 is 5.83. The van der Waals surface area contributed by atoms with Crippen LogP contribution < -0.4 is 5.43 Å². The third-order valence-electron chi connectivity index (χ3n) is 4.16. The third kappa shape index (κ3) is 3.30. The minimum absolute atomic E-state index is 0.0901. The summed E-state index contributed by atoms with van der Waals surface area (Å²) in [5, 5.41) is 18.4. The SMILES string of the molecule is O=[N+]([O-])c1cc(C=NNc2nc3ccccc3c3ccccc23)ccc1Cl. The van der Waals surface area contributed by atoms with Gasteiger partial charge in [0, 0.05) is 22.4 Å². The second-order valence-corrected chi connectivity index (χ2v) is 6.27. The molecule has 0 saturated heterocycles. The number of nitrogens with zero attached hydrogens (tertiary/aromatic N) is 3. The summed E-state index contributed by atoms with van der Waals surface area (Å²) in [7, 11) is 0. The maximum Gasteiger partial charge on any atom is 0.288 e. The van der Waals surface area contributed by atoms with Gasteiger partial charge in [0.15, 0.2) is 5.82 Å². The Balaban J connectivity index is 1.70. The molecule has 4 rings (SSSR count). The Hall–Kier alpha value is -3.51. The Morgan fingerprint density at radius 1 is 1.00 bits per heavy atom. The van der Waals surface area contributed by atoms with Crippen LogP contribution in [0.2, 0.25) is 5.02 Å². The van der Waals surface area contributed by atoms with Gasteiger partial charge in [0.05, 0.1) is 16.7 Å². The molecule has 3 aromatic carbocycles. The average Bonchev–Trinajstić information content (AvgIpc) is 2.69. The van der Waals surface area contributed by atoms with Crippen LogP contribution in [-0.2, 0) is 0 Å². The molecule has 0 aliphatic carbocycles. The Kier molecular flexibility index (Phi) is 4.40. The number of hydrazone groups is 1. The predicted molar refractivity (Wildman–Crippen MR) is 109 cm³/mol. The van der Waals surface area contributed by atoms with Crippen molar-refractivity contribution in [1.82, 2.24) is 4.98 Å². The highest BCUT2D eigenvalue weighted by molar-refractivity contribution is 6.32. The Morgan fingerprint density at radius 2 is 1.70 bits per heavy atom. The summed E-state index contributed by atoms with van der Waals surface area (Å²) in [4.78, 5) is 15.1. The van der Waals surface area contributed by atoms with Crippen LogP contribution >= 0.6 is 11.6 Å². The van der Waals surface area contributed by atoms with Crippen molar-refractivity contribution >= 4 is 51.0 Å². The van der Waals surface area contributed by atoms with E-state index in [4.69, 9.17) is 11.6 Å². The van der Waals surface area contributed by atoms with Crippen molar-refractivity contribution in [3.8, 4) is 0 Å². The quantitative estimate of drug-likeness (QED) is 0.224. The van der Waals surface area contributed by atoms with E-state index in [9.17, 15) is 10.1 Å². The van der Waals surface area contributed by atoms with Crippen LogP contribution in [0.3, 0.4) is 0 Å². The number of nitro groups is 1. The molecule has 1 aromatic heterocycles. The number of pyridine rings is 1. The Bertz CT molecular complexity index is 1210. The van der Waals surface area contributed by atoms with Gasteiger partial charge in [0.25, 0.3) is 5.69 Å². The number of hydrogen-bond donors (Lipinski definition) is 1. The second kappa shape index (κ2) is 7.01. The molecule has 0 bridgehead atoms. The molecule has 0 spiro atoms. The first kappa shape index (κ1) is 16.9. The second-order valence-electron chi connectivity index (χ2n) is 5.86. The molecule has 1 heterocycles. The number of fused-ring (bicyclic) bond motifs is 3. The van der Waals surface area contributed by atoms with Gasteiger partial charge in [-0.1, -0.05) is 60.1 Å². The van der Waals surface area contributed by atoms with E-state index < -0.39 is 4.92 Å². The zero-order chi connectivity index (χ0) is 18.8. The lowest BCUT2D eigenvalue weighted by molar-refractivity contribution is -0.384. The lowest BCUT2D eigenvalue weighted by Crippen LogP contribution is -1.97. The molecule has 1 N–H and O–H groups in total. The van der Waals surface area contributed by atoms with Gasteiger partial charge in [0.2, 0.25) is 0 Å². The molecule has 0 aliphatic heterocycles. The van der Waals surface area contributed by atoms with Crippen LogP contribution in [0, 0.1) is 10.1 Å². The molecule has 7 heteroatoms. The zero-order valence-corrected chi connectivity index (χ0v) is 14.7. The lowest BCUT2D eigenvalue weighted by atomic mass is 10.1. The van der Waals surface area contributed by atoms with E-state index in [1.54, 1.807) is 6.07 Å². The molecule has 0 amide bonds. The van der Waals surface area contributed by atoms with Crippen molar-refractivity contribution in [3.63, 3.8) is 0 Å². The maximum atomic E-state index is 11.0. The summed E-state index contributed by atoms with van der Waals surface area (Å²) in [6.07, 6.45) is 1.50. The number of halogens is 1. The molecule has 0 aliphatic rings. The largest absolute Gasteiger partial charge is 0.288 e. The molecule has 0 fully saturated rings. The highest BCUT2D eigenvalue weighted by Gasteiger charge is 2.12. The van der Waals surface area contributed by atoms with E-state index in [0.717, 1.165) is 21.7 Å². The molecule has 0 radical (unpaired) electrons. The lowest BCUT2D eigenvalue weighted by Gasteiger charge is -2.08. The summed E-state index contributed by atoms with van der Waals surface area (Å²) in [5.74, 6) is 0.615. The normalized spacial score (nSPS) is 11.3. The molecular weight excluding hydrogens is 364 g/mol. The maximum absolute atomic E-state index is 11.0. The van der Waals surface area contributed by atoms with Crippen LogP contribution in [-0.4, -0.2) is 16.1 Å². The fraction of sp³-hybridized carbons (Fsp3) is 0. The molecule has 27 heavy (non-hydrogen) atoms. The van der Waals surface area contributed by atoms with Gasteiger partial charge >= 0.3 is 0 Å². The van der Waals surface area contributed by atoms with Crippen LogP contribution in [0.1, 0.15) is 5.56 Å². The number of rotatable bonds is 4. The number of anilines is 1. The predicted octanol–water partition coefficient (Wildman–Crippen LogP) is 5.40. The molecule has 4 aromatic rings. The van der Waals surface area contributed by atoms with E-state index in [1.807, 2.05) is 48.5 Å². The van der Waals surface area contributed by atoms with Crippen LogP contribution in [0.25, 0.3) is 21.7 Å². The molecule has 0 atom stereocenters. The highest BCUT2D eigenvalue weighted by atomic mass is 35.5. The van der Waals surface area contributed by atoms with Crippen molar-refractivity contribution in [3.05, 3.63) is 87.4 Å². The van der Waals surface area contributed by atoms with Crippen LogP contribution in [0.15, 0.2) is 71.8 Å². The molecular formula is C20H13ClN4O2. The molecule has 6 nitrogen and oxygen atoms in total. The van der Waals surface area contributed by atoms with Crippen molar-refractivity contribution < 1.29 is 4.92 Å². The van der Waals surface area contributed by atoms with Crippen LogP contribution in [0.5, 0.6) is 0 Å². The monoisotopic (exact) mass is 376 g/mol. The van der Waals surface area contributed by atoms with E-state index >= 15 is 0 Å². The van der Waals surface area contributed by atoms with Gasteiger partial charge in [-0.15, -0.1) is 0 Å². The van der Waals surface area contributed by atoms with E-state index in [-0.39, 0.29) is 10.7 Å². The smallest absolute Gasteiger partial charge is 0.261 e. The van der Waals surface area contributed by atoms with Gasteiger partial charge in [-0.2, -0.15) is 5.10 Å². The first-order chi connectivity index (χ1) is 13.1. The van der Waals surface area contributed by atoms with E-state index in [1.165, 1.54) is 18.3 Å². The van der Waals surface area contributed by atoms with Crippen molar-refractivity contribution in [1.29, 1.82) is 0 Å². The van der Waals surface area contributed by atoms with Gasteiger partial charge in [-0.25, -0.2) is 4.98 Å². The van der Waals surface area contributed by atoms with Crippen molar-refractivity contribution in [2.45, 2.75) is 0 Å². The highest BCUT2D eigenvalue weighted by Crippen LogP contribution is 2.29. The Labute approximate surface area is 159 Å². The summed E-state index contributed by atoms with van der Waals surface area (Å²) in [6.45, 7) is 0. The fourth-order valence-corrected chi connectivity index (χ4v) is 3.09. The van der Waals surface area contributed by atoms with Crippen LogP contribution in [0.4, 0.5) is 11.5 Å². The average molecular weight is 377 g/mol. The third-order valence-corrected chi connectivity index (χ3v) is 4.48. The summed E-state index contributed by atoms with van der Waals surface area (Å²) in [6, 6.07) is 20.3. The standard InChI is InChI=1S/C20H13ClN4O2/c21-17-10-9-13(11-19(17)25(26)27)12-22-24-20-16-7-2-1-5-14(16)15-6-3-4-8-18(15)23-20/h1-12H,(H,23,24). The molecule has 0 unspecified atom stereocenters. The number of nitrogens with one attached hydrogen (secondary N) is 1. The number of hydrogen-bond acceptors (Lipinski definition) is 5. The minimum atomic E-state index is -0.522.